The fourth-order valence-electron chi connectivity index (χ4n) is 3.01. The summed E-state index contributed by atoms with van der Waals surface area (Å²) in [4.78, 5) is 14.5. The predicted octanol–water partition coefficient (Wildman–Crippen LogP) is 3.94. The molecule has 0 unspecified atom stereocenters. The highest BCUT2D eigenvalue weighted by atomic mass is 35.5. The van der Waals surface area contributed by atoms with Gasteiger partial charge in [-0.2, -0.15) is 0 Å². The van der Waals surface area contributed by atoms with Crippen molar-refractivity contribution in [3.05, 3.63) is 52.9 Å². The summed E-state index contributed by atoms with van der Waals surface area (Å²) in [5, 5.41) is 9.98. The number of hydrogen-bond donors (Lipinski definition) is 1. The van der Waals surface area contributed by atoms with E-state index < -0.39 is 5.97 Å². The molecule has 0 bridgehead atoms. The Morgan fingerprint density at radius 3 is 2.56 bits per heavy atom. The molecule has 25 heavy (non-hydrogen) atoms. The number of carbonyl (C=O) groups is 1. The van der Waals surface area contributed by atoms with Crippen LogP contribution in [0, 0.1) is 5.92 Å². The van der Waals surface area contributed by atoms with Crippen molar-refractivity contribution >= 4 is 29.7 Å². The van der Waals surface area contributed by atoms with Gasteiger partial charge in [-0.1, -0.05) is 30.3 Å². The van der Waals surface area contributed by atoms with Crippen LogP contribution in [0.15, 0.2) is 42.5 Å². The fraction of sp³-hybridized carbons (Fsp3) is 0.421. The quantitative estimate of drug-likeness (QED) is 0.789. The Morgan fingerprint density at radius 2 is 1.88 bits per heavy atom. The van der Waals surface area contributed by atoms with Gasteiger partial charge < -0.3 is 9.84 Å². The van der Waals surface area contributed by atoms with Crippen LogP contribution in [-0.2, 0) is 11.2 Å². The Morgan fingerprint density at radius 1 is 1.16 bits per heavy atom. The van der Waals surface area contributed by atoms with E-state index in [4.69, 9.17) is 9.84 Å². The number of nitrogens with zero attached hydrogens (tertiary/aromatic N) is 1. The molecule has 1 aliphatic rings. The molecule has 1 aliphatic heterocycles. The Hall–Kier alpha value is -1.56. The summed E-state index contributed by atoms with van der Waals surface area (Å²) in [6.07, 6.45) is 2.43. The topological polar surface area (TPSA) is 49.8 Å². The maximum absolute atomic E-state index is 11.0. The molecule has 1 aromatic heterocycles. The highest BCUT2D eigenvalue weighted by molar-refractivity contribution is 7.13. The number of benzene rings is 1. The van der Waals surface area contributed by atoms with Gasteiger partial charge in [0.2, 0.25) is 0 Å². The smallest absolute Gasteiger partial charge is 0.306 e. The van der Waals surface area contributed by atoms with E-state index in [0.29, 0.717) is 6.61 Å². The first-order valence-corrected chi connectivity index (χ1v) is 9.23. The zero-order valence-electron chi connectivity index (χ0n) is 14.1. The standard InChI is InChI=1S/C19H23NO3S.ClH/c21-19(22)16-8-10-20(11-9-16)12-13-23-18-7-6-17(24-18)14-15-4-2-1-3-5-15;/h1-7,16H,8-14H2,(H,21,22);1H. The zero-order chi connectivity index (χ0) is 16.8. The summed E-state index contributed by atoms with van der Waals surface area (Å²) in [6.45, 7) is 3.22. The minimum absolute atomic E-state index is 0. The second kappa shape index (κ2) is 9.80. The van der Waals surface area contributed by atoms with E-state index in [1.54, 1.807) is 11.3 Å². The first kappa shape index (κ1) is 19.8. The van der Waals surface area contributed by atoms with Crippen LogP contribution >= 0.6 is 23.7 Å². The minimum atomic E-state index is -0.657. The van der Waals surface area contributed by atoms with E-state index >= 15 is 0 Å². The summed E-state index contributed by atoms with van der Waals surface area (Å²) in [5.74, 6) is -0.824. The second-order valence-electron chi connectivity index (χ2n) is 6.19. The summed E-state index contributed by atoms with van der Waals surface area (Å²) in [7, 11) is 0. The first-order chi connectivity index (χ1) is 11.7. The second-order valence-corrected chi connectivity index (χ2v) is 7.32. The average Bonchev–Trinajstić information content (AvgIpc) is 3.03. The van der Waals surface area contributed by atoms with E-state index in [1.165, 1.54) is 10.4 Å². The van der Waals surface area contributed by atoms with E-state index in [9.17, 15) is 4.79 Å². The lowest BCUT2D eigenvalue weighted by Crippen LogP contribution is -2.38. The summed E-state index contributed by atoms with van der Waals surface area (Å²) < 4.78 is 5.86. The summed E-state index contributed by atoms with van der Waals surface area (Å²) in [6, 6.07) is 14.6. The monoisotopic (exact) mass is 381 g/mol. The highest BCUT2D eigenvalue weighted by Gasteiger charge is 2.24. The number of carboxylic acids is 1. The number of likely N-dealkylation sites (tertiary alicyclic amines) is 1. The van der Waals surface area contributed by atoms with E-state index in [2.05, 4.69) is 35.2 Å². The summed E-state index contributed by atoms with van der Waals surface area (Å²) >= 11 is 1.70. The molecule has 1 N–H and O–H groups in total. The van der Waals surface area contributed by atoms with Crippen LogP contribution < -0.4 is 4.74 Å². The molecule has 3 rings (SSSR count). The molecule has 6 heteroatoms. The fourth-order valence-corrected chi connectivity index (χ4v) is 3.92. The maximum Gasteiger partial charge on any atom is 0.306 e. The van der Waals surface area contributed by atoms with Crippen molar-refractivity contribution in [3.63, 3.8) is 0 Å². The third-order valence-corrected chi connectivity index (χ3v) is 5.44. The van der Waals surface area contributed by atoms with Gasteiger partial charge in [0.25, 0.3) is 0 Å². The van der Waals surface area contributed by atoms with Crippen LogP contribution in [0.25, 0.3) is 0 Å². The Labute approximate surface area is 158 Å². The van der Waals surface area contributed by atoms with Crippen LogP contribution in [0.1, 0.15) is 23.3 Å². The van der Waals surface area contributed by atoms with Crippen molar-refractivity contribution in [3.8, 4) is 5.06 Å². The number of carboxylic acid groups (broad SMARTS) is 1. The number of halogens is 1. The van der Waals surface area contributed by atoms with Gasteiger partial charge in [-0.25, -0.2) is 0 Å². The Bertz CT molecular complexity index is 654. The van der Waals surface area contributed by atoms with Gasteiger partial charge in [-0.3, -0.25) is 9.69 Å². The molecular formula is C19H24ClNO3S. The normalized spacial score (nSPS) is 15.5. The minimum Gasteiger partial charge on any atom is -0.483 e. The van der Waals surface area contributed by atoms with Crippen molar-refractivity contribution in [2.24, 2.45) is 5.92 Å². The molecule has 4 nitrogen and oxygen atoms in total. The van der Waals surface area contributed by atoms with Gasteiger partial charge in [0.1, 0.15) is 6.61 Å². The van der Waals surface area contributed by atoms with Crippen molar-refractivity contribution in [1.82, 2.24) is 4.90 Å². The lowest BCUT2D eigenvalue weighted by atomic mass is 9.97. The van der Waals surface area contributed by atoms with Crippen molar-refractivity contribution in [1.29, 1.82) is 0 Å². The molecule has 0 aliphatic carbocycles. The van der Waals surface area contributed by atoms with Gasteiger partial charge in [0, 0.05) is 17.8 Å². The van der Waals surface area contributed by atoms with Crippen molar-refractivity contribution in [2.45, 2.75) is 19.3 Å². The van der Waals surface area contributed by atoms with Gasteiger partial charge in [-0.15, -0.1) is 23.7 Å². The van der Waals surface area contributed by atoms with Crippen LogP contribution in [0.5, 0.6) is 5.06 Å². The predicted molar refractivity (Wildman–Crippen MR) is 103 cm³/mol. The SMILES string of the molecule is Cl.O=C(O)C1CCN(CCOc2ccc(Cc3ccccc3)s2)CC1. The molecule has 1 fully saturated rings. The Balaban J connectivity index is 0.00000225. The Kier molecular flexibility index (Phi) is 7.75. The number of thiophene rings is 1. The molecule has 1 aromatic carbocycles. The summed E-state index contributed by atoms with van der Waals surface area (Å²) in [5.41, 5.74) is 1.31. The van der Waals surface area contributed by atoms with Crippen molar-refractivity contribution < 1.29 is 14.6 Å². The molecule has 0 saturated carbocycles. The molecule has 0 atom stereocenters. The highest BCUT2D eigenvalue weighted by Crippen LogP contribution is 2.26. The maximum atomic E-state index is 11.0. The molecule has 0 radical (unpaired) electrons. The molecule has 1 saturated heterocycles. The number of aliphatic carboxylic acids is 1. The van der Waals surface area contributed by atoms with E-state index in [-0.39, 0.29) is 18.3 Å². The van der Waals surface area contributed by atoms with Crippen LogP contribution in [0.2, 0.25) is 0 Å². The number of rotatable bonds is 7. The molecule has 0 spiro atoms. The number of ether oxygens (including phenoxy) is 1. The van der Waals surface area contributed by atoms with Crippen molar-refractivity contribution in [2.75, 3.05) is 26.2 Å². The van der Waals surface area contributed by atoms with Gasteiger partial charge in [0.05, 0.1) is 5.92 Å². The molecule has 136 valence electrons. The zero-order valence-corrected chi connectivity index (χ0v) is 15.7. The lowest BCUT2D eigenvalue weighted by Gasteiger charge is -2.29. The third kappa shape index (κ3) is 6.03. The van der Waals surface area contributed by atoms with E-state index in [1.807, 2.05) is 12.1 Å². The van der Waals surface area contributed by atoms with Gasteiger partial charge in [-0.05, 0) is 43.6 Å². The van der Waals surface area contributed by atoms with Crippen LogP contribution in [-0.4, -0.2) is 42.2 Å². The van der Waals surface area contributed by atoms with Crippen LogP contribution in [0.4, 0.5) is 0 Å². The molecule has 2 aromatic rings. The lowest BCUT2D eigenvalue weighted by molar-refractivity contribution is -0.143. The largest absolute Gasteiger partial charge is 0.483 e. The van der Waals surface area contributed by atoms with Crippen LogP contribution in [0.3, 0.4) is 0 Å². The molecular weight excluding hydrogens is 358 g/mol. The number of piperidine rings is 1. The van der Waals surface area contributed by atoms with E-state index in [0.717, 1.165) is 44.0 Å². The van der Waals surface area contributed by atoms with Gasteiger partial charge in [0.15, 0.2) is 5.06 Å². The number of hydrogen-bond acceptors (Lipinski definition) is 4. The third-order valence-electron chi connectivity index (χ3n) is 4.45. The molecule has 2 heterocycles. The molecule has 0 amide bonds. The van der Waals surface area contributed by atoms with Gasteiger partial charge >= 0.3 is 5.97 Å². The first-order valence-electron chi connectivity index (χ1n) is 8.41. The average molecular weight is 382 g/mol.